The molecule has 2 aromatic carbocycles. The van der Waals surface area contributed by atoms with Crippen LogP contribution in [0, 0.1) is 11.6 Å². The molecule has 26 heavy (non-hydrogen) atoms. The van der Waals surface area contributed by atoms with E-state index in [9.17, 15) is 18.4 Å². The fourth-order valence-electron chi connectivity index (χ4n) is 2.39. The van der Waals surface area contributed by atoms with Crippen LogP contribution in [0.25, 0.3) is 11.0 Å². The van der Waals surface area contributed by atoms with Gasteiger partial charge >= 0.3 is 0 Å². The zero-order valence-corrected chi connectivity index (χ0v) is 13.8. The molecular formula is C17H15F2N5O2. The maximum atomic E-state index is 13.1. The Hall–Kier alpha value is -3.36. The maximum absolute atomic E-state index is 13.1. The first-order valence-electron chi connectivity index (χ1n) is 7.84. The van der Waals surface area contributed by atoms with Gasteiger partial charge in [-0.15, -0.1) is 5.10 Å². The van der Waals surface area contributed by atoms with Crippen LogP contribution in [0.1, 0.15) is 17.3 Å². The standard InChI is InChI=1S/C17H15F2N5O2/c1-2-24-15-6-3-10(7-14(15)22-23-24)17(26)20-9-16(25)21-11-4-5-12(18)13(19)8-11/h3-8H,2,9H2,1H3,(H,20,26)(H,21,25). The predicted octanol–water partition coefficient (Wildman–Crippen LogP) is 2.10. The Labute approximate surface area is 147 Å². The Balaban J connectivity index is 1.61. The Morgan fingerprint density at radius 1 is 1.12 bits per heavy atom. The summed E-state index contributed by atoms with van der Waals surface area (Å²) in [5, 5.41) is 12.8. The van der Waals surface area contributed by atoms with Gasteiger partial charge in [0.05, 0.1) is 12.1 Å². The number of nitrogens with one attached hydrogen (secondary N) is 2. The van der Waals surface area contributed by atoms with Crippen molar-refractivity contribution in [2.45, 2.75) is 13.5 Å². The molecule has 0 saturated carbocycles. The Morgan fingerprint density at radius 3 is 2.65 bits per heavy atom. The van der Waals surface area contributed by atoms with Crippen LogP contribution in [-0.4, -0.2) is 33.4 Å². The predicted molar refractivity (Wildman–Crippen MR) is 90.5 cm³/mol. The molecule has 0 aliphatic rings. The highest BCUT2D eigenvalue weighted by Crippen LogP contribution is 2.14. The van der Waals surface area contributed by atoms with Crippen LogP contribution >= 0.6 is 0 Å². The van der Waals surface area contributed by atoms with E-state index in [1.165, 1.54) is 6.07 Å². The van der Waals surface area contributed by atoms with E-state index in [-0.39, 0.29) is 12.2 Å². The summed E-state index contributed by atoms with van der Waals surface area (Å²) in [4.78, 5) is 24.0. The zero-order valence-electron chi connectivity index (χ0n) is 13.8. The van der Waals surface area contributed by atoms with E-state index in [0.717, 1.165) is 17.6 Å². The summed E-state index contributed by atoms with van der Waals surface area (Å²) in [5.41, 5.74) is 1.81. The van der Waals surface area contributed by atoms with E-state index in [0.29, 0.717) is 17.6 Å². The Morgan fingerprint density at radius 2 is 1.92 bits per heavy atom. The molecule has 0 spiro atoms. The van der Waals surface area contributed by atoms with Crippen LogP contribution in [0.5, 0.6) is 0 Å². The number of anilines is 1. The minimum Gasteiger partial charge on any atom is -0.343 e. The van der Waals surface area contributed by atoms with Crippen molar-refractivity contribution in [3.05, 3.63) is 53.6 Å². The quantitative estimate of drug-likeness (QED) is 0.730. The average molecular weight is 359 g/mol. The number of amides is 2. The second-order valence-electron chi connectivity index (χ2n) is 5.47. The van der Waals surface area contributed by atoms with E-state index in [4.69, 9.17) is 0 Å². The number of carbonyl (C=O) groups is 2. The number of fused-ring (bicyclic) bond motifs is 1. The number of aromatic nitrogens is 3. The van der Waals surface area contributed by atoms with Crippen molar-refractivity contribution in [2.24, 2.45) is 0 Å². The van der Waals surface area contributed by atoms with Gasteiger partial charge in [-0.25, -0.2) is 13.5 Å². The van der Waals surface area contributed by atoms with E-state index in [1.807, 2.05) is 6.92 Å². The number of halogens is 2. The number of aryl methyl sites for hydroxylation is 1. The van der Waals surface area contributed by atoms with Crippen molar-refractivity contribution >= 4 is 28.5 Å². The third-order valence-electron chi connectivity index (χ3n) is 3.69. The molecular weight excluding hydrogens is 344 g/mol. The fourth-order valence-corrected chi connectivity index (χ4v) is 2.39. The number of nitrogens with zero attached hydrogens (tertiary/aromatic N) is 3. The van der Waals surface area contributed by atoms with Crippen LogP contribution in [0.15, 0.2) is 36.4 Å². The summed E-state index contributed by atoms with van der Waals surface area (Å²) in [6, 6.07) is 7.91. The topological polar surface area (TPSA) is 88.9 Å². The fraction of sp³-hybridized carbons (Fsp3) is 0.176. The van der Waals surface area contributed by atoms with Gasteiger partial charge in [-0.2, -0.15) is 0 Å². The smallest absolute Gasteiger partial charge is 0.251 e. The molecule has 0 fully saturated rings. The first-order valence-corrected chi connectivity index (χ1v) is 7.84. The second kappa shape index (κ2) is 7.26. The molecule has 0 unspecified atom stereocenters. The summed E-state index contributed by atoms with van der Waals surface area (Å²) in [6.07, 6.45) is 0. The Kier molecular flexibility index (Phi) is 4.87. The molecule has 3 rings (SSSR count). The first kappa shape index (κ1) is 17.5. The summed E-state index contributed by atoms with van der Waals surface area (Å²) in [7, 11) is 0. The van der Waals surface area contributed by atoms with Gasteiger partial charge < -0.3 is 10.6 Å². The lowest BCUT2D eigenvalue weighted by atomic mass is 10.2. The van der Waals surface area contributed by atoms with Crippen LogP contribution < -0.4 is 10.6 Å². The Bertz CT molecular complexity index is 986. The summed E-state index contributed by atoms with van der Waals surface area (Å²) in [5.74, 6) is -3.10. The normalized spacial score (nSPS) is 10.7. The van der Waals surface area contributed by atoms with Crippen molar-refractivity contribution in [1.29, 1.82) is 0 Å². The van der Waals surface area contributed by atoms with Gasteiger partial charge in [0.2, 0.25) is 5.91 Å². The van der Waals surface area contributed by atoms with Gasteiger partial charge in [-0.3, -0.25) is 9.59 Å². The van der Waals surface area contributed by atoms with Crippen molar-refractivity contribution in [2.75, 3.05) is 11.9 Å². The zero-order chi connectivity index (χ0) is 18.7. The lowest BCUT2D eigenvalue weighted by Crippen LogP contribution is -2.32. The van der Waals surface area contributed by atoms with Crippen molar-refractivity contribution in [3.8, 4) is 0 Å². The average Bonchev–Trinajstić information content (AvgIpc) is 3.05. The van der Waals surface area contributed by atoms with Crippen molar-refractivity contribution in [3.63, 3.8) is 0 Å². The minimum absolute atomic E-state index is 0.0979. The van der Waals surface area contributed by atoms with Gasteiger partial charge in [-0.1, -0.05) is 5.21 Å². The maximum Gasteiger partial charge on any atom is 0.251 e. The van der Waals surface area contributed by atoms with E-state index in [2.05, 4.69) is 20.9 Å². The van der Waals surface area contributed by atoms with Gasteiger partial charge in [0, 0.05) is 23.9 Å². The van der Waals surface area contributed by atoms with Gasteiger partial charge in [0.1, 0.15) is 5.52 Å². The summed E-state index contributed by atoms with van der Waals surface area (Å²) >= 11 is 0. The van der Waals surface area contributed by atoms with Gasteiger partial charge in [0.15, 0.2) is 11.6 Å². The third-order valence-corrected chi connectivity index (χ3v) is 3.69. The van der Waals surface area contributed by atoms with Crippen LogP contribution in [-0.2, 0) is 11.3 Å². The van der Waals surface area contributed by atoms with E-state index in [1.54, 1.807) is 22.9 Å². The number of carbonyl (C=O) groups excluding carboxylic acids is 2. The van der Waals surface area contributed by atoms with Crippen molar-refractivity contribution in [1.82, 2.24) is 20.3 Å². The van der Waals surface area contributed by atoms with E-state index < -0.39 is 23.4 Å². The molecule has 0 radical (unpaired) electrons. The molecule has 7 nitrogen and oxygen atoms in total. The summed E-state index contributed by atoms with van der Waals surface area (Å²) in [6.45, 7) is 2.27. The summed E-state index contributed by atoms with van der Waals surface area (Å²) < 4.78 is 27.7. The molecule has 2 amide bonds. The SMILES string of the molecule is CCn1nnc2cc(C(=O)NCC(=O)Nc3ccc(F)c(F)c3)ccc21. The largest absolute Gasteiger partial charge is 0.343 e. The molecule has 0 bridgehead atoms. The molecule has 0 aliphatic heterocycles. The number of hydrogen-bond donors (Lipinski definition) is 2. The number of hydrogen-bond acceptors (Lipinski definition) is 4. The monoisotopic (exact) mass is 359 g/mol. The first-order chi connectivity index (χ1) is 12.5. The van der Waals surface area contributed by atoms with Gasteiger partial charge in [-0.05, 0) is 37.3 Å². The number of benzene rings is 2. The second-order valence-corrected chi connectivity index (χ2v) is 5.47. The molecule has 3 aromatic rings. The highest BCUT2D eigenvalue weighted by molar-refractivity contribution is 6.00. The van der Waals surface area contributed by atoms with Crippen LogP contribution in [0.4, 0.5) is 14.5 Å². The van der Waals surface area contributed by atoms with Crippen molar-refractivity contribution < 1.29 is 18.4 Å². The van der Waals surface area contributed by atoms with Crippen LogP contribution in [0.2, 0.25) is 0 Å². The molecule has 0 atom stereocenters. The van der Waals surface area contributed by atoms with E-state index >= 15 is 0 Å². The minimum atomic E-state index is -1.07. The number of rotatable bonds is 5. The molecule has 134 valence electrons. The van der Waals surface area contributed by atoms with Crippen LogP contribution in [0.3, 0.4) is 0 Å². The molecule has 0 saturated heterocycles. The molecule has 9 heteroatoms. The molecule has 1 heterocycles. The lowest BCUT2D eigenvalue weighted by molar-refractivity contribution is -0.115. The highest BCUT2D eigenvalue weighted by atomic mass is 19.2. The van der Waals surface area contributed by atoms with Gasteiger partial charge in [0.25, 0.3) is 5.91 Å². The highest BCUT2D eigenvalue weighted by Gasteiger charge is 2.12. The molecule has 1 aromatic heterocycles. The third kappa shape index (κ3) is 3.66. The lowest BCUT2D eigenvalue weighted by Gasteiger charge is -2.07. The molecule has 2 N–H and O–H groups in total. The molecule has 0 aliphatic carbocycles.